The van der Waals surface area contributed by atoms with Gasteiger partial charge in [0.2, 0.25) is 0 Å². The molecule has 0 radical (unpaired) electrons. The monoisotopic (exact) mass is 196 g/mol. The fourth-order valence-electron chi connectivity index (χ4n) is 0.751. The maximum absolute atomic E-state index is 11.9. The Hall–Kier alpha value is -1.47. The van der Waals surface area contributed by atoms with Crippen LogP contribution in [0.15, 0.2) is 29.4 Å². The first-order chi connectivity index (χ1) is 6.78. The van der Waals surface area contributed by atoms with Crippen molar-refractivity contribution in [1.29, 1.82) is 0 Å². The fraction of sp³-hybridized carbons (Fsp3) is 0.400. The SMILES string of the molecule is C/C=C\[C@@H](C#CC/C(=C/F)N=O)NC. The zero-order valence-electron chi connectivity index (χ0n) is 8.25. The van der Waals surface area contributed by atoms with E-state index >= 15 is 0 Å². The van der Waals surface area contributed by atoms with Gasteiger partial charge in [0.15, 0.2) is 0 Å². The van der Waals surface area contributed by atoms with Gasteiger partial charge in [0.1, 0.15) is 12.0 Å². The van der Waals surface area contributed by atoms with E-state index in [4.69, 9.17) is 0 Å². The van der Waals surface area contributed by atoms with Crippen molar-refractivity contribution < 1.29 is 4.39 Å². The predicted octanol–water partition coefficient (Wildman–Crippen LogP) is 2.12. The van der Waals surface area contributed by atoms with Crippen LogP contribution in [0.2, 0.25) is 0 Å². The predicted molar refractivity (Wildman–Crippen MR) is 55.0 cm³/mol. The molecule has 0 spiro atoms. The van der Waals surface area contributed by atoms with E-state index < -0.39 is 0 Å². The Kier molecular flexibility index (Phi) is 7.29. The average molecular weight is 196 g/mol. The van der Waals surface area contributed by atoms with Crippen LogP contribution in [0.25, 0.3) is 0 Å². The van der Waals surface area contributed by atoms with Crippen molar-refractivity contribution in [3.8, 4) is 11.8 Å². The second kappa shape index (κ2) is 8.14. The lowest BCUT2D eigenvalue weighted by Gasteiger charge is -2.00. The first-order valence-electron chi connectivity index (χ1n) is 4.19. The number of nitrogens with one attached hydrogen (secondary N) is 1. The first-order valence-corrected chi connectivity index (χ1v) is 4.19. The summed E-state index contributed by atoms with van der Waals surface area (Å²) in [6, 6.07) is -0.0764. The number of nitrogens with zero attached hydrogens (tertiary/aromatic N) is 1. The molecule has 1 atom stereocenters. The van der Waals surface area contributed by atoms with Gasteiger partial charge in [-0.3, -0.25) is 0 Å². The highest BCUT2D eigenvalue weighted by molar-refractivity contribution is 5.18. The zero-order chi connectivity index (χ0) is 10.8. The summed E-state index contributed by atoms with van der Waals surface area (Å²) in [7, 11) is 1.77. The van der Waals surface area contributed by atoms with Crippen molar-refractivity contribution in [2.45, 2.75) is 19.4 Å². The third kappa shape index (κ3) is 5.22. The number of hydrogen-bond donors (Lipinski definition) is 1. The second-order valence-electron chi connectivity index (χ2n) is 2.48. The van der Waals surface area contributed by atoms with Crippen molar-refractivity contribution >= 4 is 0 Å². The molecule has 1 N–H and O–H groups in total. The average Bonchev–Trinajstić information content (AvgIpc) is 2.23. The molecular formula is C10H13FN2O. The molecule has 0 saturated carbocycles. The molecule has 0 aromatic rings. The van der Waals surface area contributed by atoms with Crippen molar-refractivity contribution in [1.82, 2.24) is 5.32 Å². The van der Waals surface area contributed by atoms with Gasteiger partial charge in [-0.25, -0.2) is 4.39 Å². The Morgan fingerprint density at radius 1 is 1.71 bits per heavy atom. The van der Waals surface area contributed by atoms with Crippen LogP contribution in [0.3, 0.4) is 0 Å². The molecule has 0 aliphatic carbocycles. The Bertz CT molecular complexity index is 286. The van der Waals surface area contributed by atoms with Gasteiger partial charge in [-0.15, -0.1) is 4.91 Å². The largest absolute Gasteiger partial charge is 0.304 e. The molecule has 0 saturated heterocycles. The molecule has 0 aromatic carbocycles. The van der Waals surface area contributed by atoms with Gasteiger partial charge in [0, 0.05) is 0 Å². The maximum atomic E-state index is 11.9. The normalized spacial score (nSPS) is 13.5. The number of rotatable bonds is 4. The van der Waals surface area contributed by atoms with Gasteiger partial charge in [0.25, 0.3) is 0 Å². The van der Waals surface area contributed by atoms with Crippen LogP contribution in [-0.4, -0.2) is 13.1 Å². The van der Waals surface area contributed by atoms with Gasteiger partial charge >= 0.3 is 0 Å². The van der Waals surface area contributed by atoms with Crippen molar-refractivity contribution in [3.05, 3.63) is 29.1 Å². The smallest absolute Gasteiger partial charge is 0.125 e. The van der Waals surface area contributed by atoms with E-state index in [1.165, 1.54) is 0 Å². The Labute approximate surface area is 83.1 Å². The molecule has 0 rings (SSSR count). The lowest BCUT2D eigenvalue weighted by Crippen LogP contribution is -2.20. The van der Waals surface area contributed by atoms with E-state index in [1.54, 1.807) is 7.05 Å². The summed E-state index contributed by atoms with van der Waals surface area (Å²) in [6.07, 6.45) is 3.93. The molecule has 0 amide bonds. The molecule has 0 bridgehead atoms. The van der Waals surface area contributed by atoms with Gasteiger partial charge in [-0.1, -0.05) is 24.0 Å². The number of nitroso groups, excluding NO2 is 1. The lowest BCUT2D eigenvalue weighted by atomic mass is 10.2. The van der Waals surface area contributed by atoms with E-state index in [-0.39, 0.29) is 24.5 Å². The lowest BCUT2D eigenvalue weighted by molar-refractivity contribution is 0.703. The minimum atomic E-state index is -0.187. The standard InChI is InChI=1S/C10H13FN2O/c1-3-5-9(12-2)6-4-7-10(8-11)13-14/h3,5,8-9,12H,7H2,1-2H3/b5-3-,10-8-/t9-/m0/s1. The summed E-state index contributed by atoms with van der Waals surface area (Å²) in [5.41, 5.74) is -0.187. The van der Waals surface area contributed by atoms with E-state index in [0.717, 1.165) is 0 Å². The Morgan fingerprint density at radius 3 is 2.86 bits per heavy atom. The summed E-state index contributed by atoms with van der Waals surface area (Å²) < 4.78 is 11.9. The summed E-state index contributed by atoms with van der Waals surface area (Å²) >= 11 is 0. The van der Waals surface area contributed by atoms with Crippen molar-refractivity contribution in [2.24, 2.45) is 5.18 Å². The van der Waals surface area contributed by atoms with E-state index in [2.05, 4.69) is 22.3 Å². The topological polar surface area (TPSA) is 41.5 Å². The molecular weight excluding hydrogens is 183 g/mol. The number of hydrogen-bond acceptors (Lipinski definition) is 3. The highest BCUT2D eigenvalue weighted by Crippen LogP contribution is 2.01. The highest BCUT2D eigenvalue weighted by atomic mass is 19.1. The third-order valence-electron chi connectivity index (χ3n) is 1.47. The minimum absolute atomic E-state index is 0.0374. The molecule has 0 unspecified atom stereocenters. The van der Waals surface area contributed by atoms with Crippen LogP contribution >= 0.6 is 0 Å². The van der Waals surface area contributed by atoms with E-state index in [1.807, 2.05) is 19.1 Å². The summed E-state index contributed by atoms with van der Waals surface area (Å²) in [4.78, 5) is 9.95. The number of likely N-dealkylation sites (N-methyl/N-ethyl adjacent to an activating group) is 1. The summed E-state index contributed by atoms with van der Waals surface area (Å²) in [6.45, 7) is 1.88. The molecule has 0 aliphatic rings. The van der Waals surface area contributed by atoms with Crippen LogP contribution in [0.1, 0.15) is 13.3 Å². The van der Waals surface area contributed by atoms with Crippen LogP contribution < -0.4 is 5.32 Å². The summed E-state index contributed by atoms with van der Waals surface area (Å²) in [5, 5.41) is 5.40. The summed E-state index contributed by atoms with van der Waals surface area (Å²) in [5.74, 6) is 5.47. The third-order valence-corrected chi connectivity index (χ3v) is 1.47. The molecule has 3 nitrogen and oxygen atoms in total. The Balaban J connectivity index is 4.20. The van der Waals surface area contributed by atoms with Crippen LogP contribution in [0.5, 0.6) is 0 Å². The highest BCUT2D eigenvalue weighted by Gasteiger charge is 1.94. The van der Waals surface area contributed by atoms with Crippen LogP contribution in [-0.2, 0) is 0 Å². The Morgan fingerprint density at radius 2 is 2.43 bits per heavy atom. The van der Waals surface area contributed by atoms with Gasteiger partial charge in [-0.2, -0.15) is 0 Å². The van der Waals surface area contributed by atoms with Gasteiger partial charge < -0.3 is 5.32 Å². The number of halogens is 1. The molecule has 0 fully saturated rings. The first kappa shape index (κ1) is 12.5. The molecule has 14 heavy (non-hydrogen) atoms. The van der Waals surface area contributed by atoms with E-state index in [9.17, 15) is 9.30 Å². The molecule has 0 heterocycles. The van der Waals surface area contributed by atoms with Gasteiger partial charge in [-0.05, 0) is 19.1 Å². The second-order valence-corrected chi connectivity index (χ2v) is 2.48. The minimum Gasteiger partial charge on any atom is -0.304 e. The van der Waals surface area contributed by atoms with Crippen LogP contribution in [0, 0.1) is 16.7 Å². The number of allylic oxidation sites excluding steroid dienone is 2. The zero-order valence-corrected chi connectivity index (χ0v) is 8.25. The quantitative estimate of drug-likeness (QED) is 0.425. The fourth-order valence-corrected chi connectivity index (χ4v) is 0.751. The van der Waals surface area contributed by atoms with Crippen LogP contribution in [0.4, 0.5) is 4.39 Å². The van der Waals surface area contributed by atoms with Crippen molar-refractivity contribution in [3.63, 3.8) is 0 Å². The van der Waals surface area contributed by atoms with Crippen molar-refractivity contribution in [2.75, 3.05) is 7.05 Å². The molecule has 76 valence electrons. The maximum Gasteiger partial charge on any atom is 0.125 e. The molecule has 4 heteroatoms. The molecule has 0 aromatic heterocycles. The molecule has 0 aliphatic heterocycles. The van der Waals surface area contributed by atoms with E-state index in [0.29, 0.717) is 0 Å². The van der Waals surface area contributed by atoms with Gasteiger partial charge in [0.05, 0.1) is 12.5 Å².